The lowest BCUT2D eigenvalue weighted by Gasteiger charge is -2.03. The van der Waals surface area contributed by atoms with Crippen LogP contribution in [0.15, 0.2) is 0 Å². The Hall–Kier alpha value is -0.280. The summed E-state index contributed by atoms with van der Waals surface area (Å²) in [6, 6.07) is 0. The summed E-state index contributed by atoms with van der Waals surface area (Å²) in [5.41, 5.74) is 0. The topological polar surface area (TPSA) is 49.3 Å². The maximum Gasteiger partial charge on any atom is 0.303 e. The molecule has 1 rings (SSSR count). The summed E-state index contributed by atoms with van der Waals surface area (Å²) < 4.78 is 0. The molecule has 1 aliphatic rings. The largest absolute Gasteiger partial charge is 0.481 e. The van der Waals surface area contributed by atoms with Crippen LogP contribution in [0.25, 0.3) is 0 Å². The van der Waals surface area contributed by atoms with Crippen molar-refractivity contribution in [3.8, 4) is 0 Å². The number of halogens is 1. The average molecular weight is 180 g/mol. The third-order valence-electron chi connectivity index (χ3n) is 1.93. The van der Waals surface area contributed by atoms with E-state index in [0.29, 0.717) is 12.3 Å². The molecule has 2 N–H and O–H groups in total. The Labute approximate surface area is 72.6 Å². The van der Waals surface area contributed by atoms with Crippen LogP contribution < -0.4 is 5.32 Å². The number of hydrogen-bond donors (Lipinski definition) is 2. The van der Waals surface area contributed by atoms with Crippen molar-refractivity contribution in [2.24, 2.45) is 5.92 Å². The van der Waals surface area contributed by atoms with Crippen molar-refractivity contribution in [3.63, 3.8) is 0 Å². The van der Waals surface area contributed by atoms with Crippen molar-refractivity contribution in [1.82, 2.24) is 5.32 Å². The first kappa shape index (κ1) is 10.7. The quantitative estimate of drug-likeness (QED) is 0.677. The highest BCUT2D eigenvalue weighted by Crippen LogP contribution is 2.13. The number of carboxylic acid groups (broad SMARTS) is 1. The molecule has 0 radical (unpaired) electrons. The van der Waals surface area contributed by atoms with Crippen molar-refractivity contribution < 1.29 is 9.90 Å². The van der Waals surface area contributed by atoms with E-state index >= 15 is 0 Å². The van der Waals surface area contributed by atoms with E-state index in [0.717, 1.165) is 25.9 Å². The molecule has 0 saturated carbocycles. The van der Waals surface area contributed by atoms with Crippen molar-refractivity contribution >= 4 is 18.4 Å². The fourth-order valence-corrected chi connectivity index (χ4v) is 1.29. The lowest BCUT2D eigenvalue weighted by atomic mass is 10.0. The minimum atomic E-state index is -0.674. The van der Waals surface area contributed by atoms with E-state index in [-0.39, 0.29) is 12.4 Å². The van der Waals surface area contributed by atoms with Crippen LogP contribution in [0.2, 0.25) is 0 Å². The van der Waals surface area contributed by atoms with E-state index < -0.39 is 5.97 Å². The normalized spacial score (nSPS) is 22.7. The van der Waals surface area contributed by atoms with Crippen LogP contribution in [-0.2, 0) is 4.79 Å². The molecule has 1 aliphatic heterocycles. The number of carboxylic acids is 1. The molecule has 1 unspecified atom stereocenters. The molecular formula is C7H14ClNO2. The lowest BCUT2D eigenvalue weighted by Crippen LogP contribution is -2.10. The van der Waals surface area contributed by atoms with Crippen molar-refractivity contribution in [3.05, 3.63) is 0 Å². The Morgan fingerprint density at radius 1 is 1.64 bits per heavy atom. The van der Waals surface area contributed by atoms with E-state index in [4.69, 9.17) is 5.11 Å². The zero-order chi connectivity index (χ0) is 7.40. The molecule has 3 nitrogen and oxygen atoms in total. The summed E-state index contributed by atoms with van der Waals surface area (Å²) in [5, 5.41) is 11.6. The molecule has 11 heavy (non-hydrogen) atoms. The fraction of sp³-hybridized carbons (Fsp3) is 0.857. The Morgan fingerprint density at radius 2 is 2.36 bits per heavy atom. The van der Waals surface area contributed by atoms with Gasteiger partial charge in [0, 0.05) is 6.42 Å². The van der Waals surface area contributed by atoms with E-state index in [9.17, 15) is 4.79 Å². The van der Waals surface area contributed by atoms with Crippen molar-refractivity contribution in [2.75, 3.05) is 13.1 Å². The van der Waals surface area contributed by atoms with Gasteiger partial charge in [0.25, 0.3) is 0 Å². The van der Waals surface area contributed by atoms with Crippen LogP contribution in [0, 0.1) is 5.92 Å². The van der Waals surface area contributed by atoms with Crippen LogP contribution in [-0.4, -0.2) is 24.2 Å². The number of carbonyl (C=O) groups is 1. The van der Waals surface area contributed by atoms with E-state index in [1.807, 2.05) is 0 Å². The second kappa shape index (κ2) is 5.38. The first-order valence-electron chi connectivity index (χ1n) is 3.71. The monoisotopic (exact) mass is 179 g/mol. The average Bonchev–Trinajstić information content (AvgIpc) is 2.34. The first-order valence-corrected chi connectivity index (χ1v) is 3.71. The van der Waals surface area contributed by atoms with Gasteiger partial charge in [0.05, 0.1) is 0 Å². The molecule has 0 aromatic heterocycles. The van der Waals surface area contributed by atoms with Crippen LogP contribution in [0.4, 0.5) is 0 Å². The molecule has 1 saturated heterocycles. The van der Waals surface area contributed by atoms with Gasteiger partial charge < -0.3 is 10.4 Å². The Balaban J connectivity index is 0.000001000. The van der Waals surface area contributed by atoms with Gasteiger partial charge in [-0.25, -0.2) is 0 Å². The first-order chi connectivity index (χ1) is 4.79. The fourth-order valence-electron chi connectivity index (χ4n) is 1.29. The van der Waals surface area contributed by atoms with Gasteiger partial charge in [0.15, 0.2) is 0 Å². The van der Waals surface area contributed by atoms with Crippen LogP contribution >= 0.6 is 12.4 Å². The highest BCUT2D eigenvalue weighted by Gasteiger charge is 2.14. The van der Waals surface area contributed by atoms with Gasteiger partial charge in [0.2, 0.25) is 0 Å². The van der Waals surface area contributed by atoms with Gasteiger partial charge >= 0.3 is 5.97 Å². The third-order valence-corrected chi connectivity index (χ3v) is 1.93. The summed E-state index contributed by atoms with van der Waals surface area (Å²) in [6.07, 6.45) is 2.31. The number of aliphatic carboxylic acids is 1. The van der Waals surface area contributed by atoms with Gasteiger partial charge in [0.1, 0.15) is 0 Å². The maximum absolute atomic E-state index is 10.1. The maximum atomic E-state index is 10.1. The minimum Gasteiger partial charge on any atom is -0.481 e. The molecule has 0 spiro atoms. The summed E-state index contributed by atoms with van der Waals surface area (Å²) in [4.78, 5) is 10.1. The molecular weight excluding hydrogens is 166 g/mol. The molecule has 0 aliphatic carbocycles. The molecule has 0 bridgehead atoms. The van der Waals surface area contributed by atoms with Gasteiger partial charge in [-0.3, -0.25) is 4.79 Å². The Kier molecular flexibility index (Phi) is 5.24. The van der Waals surface area contributed by atoms with Crippen molar-refractivity contribution in [1.29, 1.82) is 0 Å². The minimum absolute atomic E-state index is 0. The molecule has 66 valence electrons. The summed E-state index contributed by atoms with van der Waals surface area (Å²) >= 11 is 0. The zero-order valence-electron chi connectivity index (χ0n) is 6.38. The van der Waals surface area contributed by atoms with Gasteiger partial charge in [-0.15, -0.1) is 12.4 Å². The Morgan fingerprint density at radius 3 is 2.82 bits per heavy atom. The van der Waals surface area contributed by atoms with Crippen LogP contribution in [0.5, 0.6) is 0 Å². The van der Waals surface area contributed by atoms with Crippen LogP contribution in [0.1, 0.15) is 19.3 Å². The molecule has 1 heterocycles. The standard InChI is InChI=1S/C7H13NO2.ClH/c9-7(10)2-1-6-3-4-8-5-6;/h6,8H,1-5H2,(H,9,10);1H. The van der Waals surface area contributed by atoms with E-state index in [1.54, 1.807) is 0 Å². The lowest BCUT2D eigenvalue weighted by molar-refractivity contribution is -0.137. The number of hydrogen-bond acceptors (Lipinski definition) is 2. The smallest absolute Gasteiger partial charge is 0.303 e. The van der Waals surface area contributed by atoms with Gasteiger partial charge in [-0.2, -0.15) is 0 Å². The summed E-state index contributed by atoms with van der Waals surface area (Å²) in [5.74, 6) is -0.0667. The van der Waals surface area contributed by atoms with Gasteiger partial charge in [-0.05, 0) is 31.8 Å². The number of nitrogens with one attached hydrogen (secondary N) is 1. The van der Waals surface area contributed by atoms with Crippen molar-refractivity contribution in [2.45, 2.75) is 19.3 Å². The molecule has 1 fully saturated rings. The zero-order valence-corrected chi connectivity index (χ0v) is 7.19. The molecule has 0 aromatic carbocycles. The molecule has 4 heteroatoms. The molecule has 1 atom stereocenters. The Bertz CT molecular complexity index is 124. The molecule has 0 amide bonds. The highest BCUT2D eigenvalue weighted by atomic mass is 35.5. The third kappa shape index (κ3) is 4.22. The van der Waals surface area contributed by atoms with E-state index in [1.165, 1.54) is 0 Å². The summed E-state index contributed by atoms with van der Waals surface area (Å²) in [7, 11) is 0. The second-order valence-electron chi connectivity index (χ2n) is 2.79. The SMILES string of the molecule is Cl.O=C(O)CCC1CCNC1. The van der Waals surface area contributed by atoms with Crippen LogP contribution in [0.3, 0.4) is 0 Å². The predicted octanol–water partition coefficient (Wildman–Crippen LogP) is 0.882. The van der Waals surface area contributed by atoms with E-state index in [2.05, 4.69) is 5.32 Å². The predicted molar refractivity (Wildman–Crippen MR) is 45.1 cm³/mol. The second-order valence-corrected chi connectivity index (χ2v) is 2.79. The molecule has 0 aromatic rings. The van der Waals surface area contributed by atoms with Gasteiger partial charge in [-0.1, -0.05) is 0 Å². The number of rotatable bonds is 3. The highest BCUT2D eigenvalue weighted by molar-refractivity contribution is 5.85. The summed E-state index contributed by atoms with van der Waals surface area (Å²) in [6.45, 7) is 2.07.